The number of aliphatic carboxylic acids is 1. The van der Waals surface area contributed by atoms with E-state index in [1.807, 2.05) is 0 Å². The predicted octanol–water partition coefficient (Wildman–Crippen LogP) is 0.505. The van der Waals surface area contributed by atoms with Crippen LogP contribution in [0.4, 0.5) is 4.79 Å². The van der Waals surface area contributed by atoms with Crippen molar-refractivity contribution < 1.29 is 14.7 Å². The lowest BCUT2D eigenvalue weighted by molar-refractivity contribution is -0.139. The molecule has 1 aromatic rings. The van der Waals surface area contributed by atoms with Gasteiger partial charge in [0.15, 0.2) is 0 Å². The number of amides is 2. The Morgan fingerprint density at radius 1 is 1.58 bits per heavy atom. The molecule has 1 saturated carbocycles. The summed E-state index contributed by atoms with van der Waals surface area (Å²) in [6, 6.07) is -1.41. The minimum absolute atomic E-state index is 0.181. The highest BCUT2D eigenvalue weighted by atomic mass is 16.4. The Kier molecular flexibility index (Phi) is 3.73. The van der Waals surface area contributed by atoms with Gasteiger partial charge in [-0.05, 0) is 18.3 Å². The van der Waals surface area contributed by atoms with Crippen LogP contribution in [0.5, 0.6) is 0 Å². The number of aromatic amines is 1. The number of nitrogens with zero attached hydrogens (tertiary/aromatic N) is 1. The van der Waals surface area contributed by atoms with Crippen LogP contribution < -0.4 is 10.6 Å². The zero-order valence-electron chi connectivity index (χ0n) is 10.8. The van der Waals surface area contributed by atoms with Crippen LogP contribution in [-0.2, 0) is 11.2 Å². The van der Waals surface area contributed by atoms with E-state index in [1.165, 1.54) is 6.33 Å². The van der Waals surface area contributed by atoms with Crippen molar-refractivity contribution >= 4 is 12.0 Å². The average Bonchev–Trinajstić information content (AvgIpc) is 2.88. The van der Waals surface area contributed by atoms with Crippen LogP contribution in [0.3, 0.4) is 0 Å². The van der Waals surface area contributed by atoms with Gasteiger partial charge in [-0.25, -0.2) is 14.6 Å². The van der Waals surface area contributed by atoms with E-state index in [0.717, 1.165) is 12.8 Å². The van der Waals surface area contributed by atoms with Gasteiger partial charge < -0.3 is 20.7 Å². The van der Waals surface area contributed by atoms with Gasteiger partial charge in [0.25, 0.3) is 0 Å². The first kappa shape index (κ1) is 13.4. The lowest BCUT2D eigenvalue weighted by Crippen LogP contribution is -2.48. The summed E-state index contributed by atoms with van der Waals surface area (Å²) in [6.07, 6.45) is 5.40. The predicted molar refractivity (Wildman–Crippen MR) is 67.6 cm³/mol. The fourth-order valence-electron chi connectivity index (χ4n) is 1.71. The Bertz CT molecular complexity index is 454. The van der Waals surface area contributed by atoms with Gasteiger partial charge >= 0.3 is 12.0 Å². The minimum atomic E-state index is -1.07. The van der Waals surface area contributed by atoms with E-state index >= 15 is 0 Å². The number of hydrogen-bond acceptors (Lipinski definition) is 3. The lowest BCUT2D eigenvalue weighted by atomic mass is 10.1. The zero-order valence-corrected chi connectivity index (χ0v) is 10.8. The molecule has 1 aliphatic rings. The normalized spacial score (nSPS) is 17.5. The van der Waals surface area contributed by atoms with Gasteiger partial charge in [0, 0.05) is 24.9 Å². The number of carboxylic acids is 1. The third kappa shape index (κ3) is 3.97. The summed E-state index contributed by atoms with van der Waals surface area (Å²) in [5.74, 6) is -1.07. The van der Waals surface area contributed by atoms with E-state index in [4.69, 9.17) is 5.11 Å². The monoisotopic (exact) mass is 266 g/mol. The number of carboxylic acid groups (broad SMARTS) is 1. The number of aromatic nitrogens is 2. The molecule has 1 aliphatic carbocycles. The topological polar surface area (TPSA) is 107 Å². The molecule has 0 saturated heterocycles. The van der Waals surface area contributed by atoms with Crippen molar-refractivity contribution in [2.45, 2.75) is 32.2 Å². The van der Waals surface area contributed by atoms with Crippen LogP contribution in [0.15, 0.2) is 12.5 Å². The molecule has 2 rings (SSSR count). The van der Waals surface area contributed by atoms with Gasteiger partial charge in [0.1, 0.15) is 6.04 Å². The first-order valence-electron chi connectivity index (χ1n) is 6.23. The molecule has 1 heterocycles. The Balaban J connectivity index is 1.82. The van der Waals surface area contributed by atoms with Gasteiger partial charge in [-0.15, -0.1) is 0 Å². The zero-order chi connectivity index (χ0) is 13.9. The fourth-order valence-corrected chi connectivity index (χ4v) is 1.71. The molecule has 7 heteroatoms. The molecule has 2 amide bonds. The van der Waals surface area contributed by atoms with E-state index < -0.39 is 18.0 Å². The summed E-state index contributed by atoms with van der Waals surface area (Å²) in [5, 5.41) is 14.3. The second kappa shape index (κ2) is 5.29. The molecular formula is C12H18N4O3. The molecule has 19 heavy (non-hydrogen) atoms. The maximum atomic E-state index is 11.6. The van der Waals surface area contributed by atoms with Crippen LogP contribution >= 0.6 is 0 Å². The number of urea groups is 1. The van der Waals surface area contributed by atoms with Crippen molar-refractivity contribution in [1.29, 1.82) is 0 Å². The summed E-state index contributed by atoms with van der Waals surface area (Å²) in [6.45, 7) is 2.67. The lowest BCUT2D eigenvalue weighted by Gasteiger charge is -2.16. The number of rotatable bonds is 6. The first-order chi connectivity index (χ1) is 8.98. The largest absolute Gasteiger partial charge is 0.480 e. The molecule has 7 nitrogen and oxygen atoms in total. The molecule has 0 aromatic carbocycles. The van der Waals surface area contributed by atoms with E-state index in [-0.39, 0.29) is 11.8 Å². The minimum Gasteiger partial charge on any atom is -0.480 e. The van der Waals surface area contributed by atoms with Gasteiger partial charge in [0.05, 0.1) is 6.33 Å². The van der Waals surface area contributed by atoms with Gasteiger partial charge in [0.2, 0.25) is 0 Å². The molecule has 4 N–H and O–H groups in total. The van der Waals surface area contributed by atoms with E-state index in [0.29, 0.717) is 12.2 Å². The Morgan fingerprint density at radius 3 is 2.84 bits per heavy atom. The maximum absolute atomic E-state index is 11.6. The summed E-state index contributed by atoms with van der Waals surface area (Å²) in [5.41, 5.74) is 0.862. The molecule has 1 atom stereocenters. The highest BCUT2D eigenvalue weighted by molar-refractivity contribution is 5.82. The number of H-pyrrole nitrogens is 1. The molecule has 1 unspecified atom stereocenters. The molecule has 0 aliphatic heterocycles. The van der Waals surface area contributed by atoms with Crippen LogP contribution in [0.1, 0.15) is 25.5 Å². The number of carbonyl (C=O) groups is 2. The van der Waals surface area contributed by atoms with Crippen LogP contribution in [-0.4, -0.2) is 39.7 Å². The van der Waals surface area contributed by atoms with Crippen molar-refractivity contribution in [1.82, 2.24) is 20.6 Å². The molecule has 1 aromatic heterocycles. The van der Waals surface area contributed by atoms with Crippen LogP contribution in [0.25, 0.3) is 0 Å². The van der Waals surface area contributed by atoms with Crippen molar-refractivity contribution in [3.8, 4) is 0 Å². The van der Waals surface area contributed by atoms with E-state index in [9.17, 15) is 9.59 Å². The molecule has 1 fully saturated rings. The summed E-state index contributed by atoms with van der Waals surface area (Å²) < 4.78 is 0. The standard InChI is InChI=1S/C12H18N4O3/c1-12(2-3-12)6-14-11(19)16-9(10(17)18)4-8-5-13-7-15-8/h5,7,9H,2-4,6H2,1H3,(H,13,15)(H,17,18)(H2,14,16,19). The summed E-state index contributed by atoms with van der Waals surface area (Å²) in [4.78, 5) is 29.4. The van der Waals surface area contributed by atoms with Crippen molar-refractivity contribution in [2.24, 2.45) is 5.41 Å². The number of carbonyl (C=O) groups excluding carboxylic acids is 1. The molecule has 0 spiro atoms. The van der Waals surface area contributed by atoms with E-state index in [1.54, 1.807) is 6.20 Å². The highest BCUT2D eigenvalue weighted by Crippen LogP contribution is 2.43. The van der Waals surface area contributed by atoms with Crippen LogP contribution in [0, 0.1) is 5.41 Å². The van der Waals surface area contributed by atoms with Gasteiger partial charge in [-0.2, -0.15) is 0 Å². The Labute approximate surface area is 110 Å². The van der Waals surface area contributed by atoms with Crippen LogP contribution in [0.2, 0.25) is 0 Å². The summed E-state index contributed by atoms with van der Waals surface area (Å²) >= 11 is 0. The maximum Gasteiger partial charge on any atom is 0.326 e. The number of hydrogen-bond donors (Lipinski definition) is 4. The average molecular weight is 266 g/mol. The van der Waals surface area contributed by atoms with Gasteiger partial charge in [-0.1, -0.05) is 6.92 Å². The Morgan fingerprint density at radius 2 is 2.32 bits per heavy atom. The second-order valence-corrected chi connectivity index (χ2v) is 5.31. The molecule has 0 radical (unpaired) electrons. The number of imidazole rings is 1. The van der Waals surface area contributed by atoms with Crippen molar-refractivity contribution in [3.05, 3.63) is 18.2 Å². The van der Waals surface area contributed by atoms with E-state index in [2.05, 4.69) is 27.5 Å². The third-order valence-electron chi connectivity index (χ3n) is 3.36. The van der Waals surface area contributed by atoms with Gasteiger partial charge in [-0.3, -0.25) is 0 Å². The SMILES string of the molecule is CC1(CNC(=O)NC(Cc2cnc[nH]2)C(=O)O)CC1. The third-order valence-corrected chi connectivity index (χ3v) is 3.36. The quantitative estimate of drug-likeness (QED) is 0.601. The summed E-state index contributed by atoms with van der Waals surface area (Å²) in [7, 11) is 0. The first-order valence-corrected chi connectivity index (χ1v) is 6.23. The highest BCUT2D eigenvalue weighted by Gasteiger charge is 2.37. The molecule has 0 bridgehead atoms. The number of nitrogens with one attached hydrogen (secondary N) is 3. The molecular weight excluding hydrogens is 248 g/mol. The molecule has 104 valence electrons. The van der Waals surface area contributed by atoms with Crippen molar-refractivity contribution in [3.63, 3.8) is 0 Å². The van der Waals surface area contributed by atoms with Crippen molar-refractivity contribution in [2.75, 3.05) is 6.54 Å². The Hall–Kier alpha value is -2.05. The second-order valence-electron chi connectivity index (χ2n) is 5.31. The smallest absolute Gasteiger partial charge is 0.326 e. The fraction of sp³-hybridized carbons (Fsp3) is 0.583.